The highest BCUT2D eigenvalue weighted by molar-refractivity contribution is 7.86. The average molecular weight is 741 g/mol. The fourth-order valence-corrected chi connectivity index (χ4v) is 7.92. The van der Waals surface area contributed by atoms with Crippen LogP contribution in [0.3, 0.4) is 0 Å². The van der Waals surface area contributed by atoms with Gasteiger partial charge in [0.1, 0.15) is 7.05 Å². The summed E-state index contributed by atoms with van der Waals surface area (Å²) < 4.78 is 68.8. The molecule has 2 aromatic carbocycles. The van der Waals surface area contributed by atoms with Gasteiger partial charge in [-0.15, -0.1) is 5.06 Å². The molecule has 1 fully saturated rings. The highest BCUT2D eigenvalue weighted by Gasteiger charge is 2.44. The maximum atomic E-state index is 12.2. The van der Waals surface area contributed by atoms with E-state index in [1.54, 1.807) is 12.1 Å². The second-order valence-electron chi connectivity index (χ2n) is 13.8. The molecular weight excluding hydrogens is 699 g/mol. The molecule has 2 N–H and O–H groups in total. The fraction of sp³-hybridized carbons (Fsp3) is 0.389. The van der Waals surface area contributed by atoms with Crippen LogP contribution < -0.4 is 4.90 Å². The standard InChI is InChI=1S/C36H41N3O10S2/c1-35(2)26-22-24(50(43,44)45)15-17-28(26)37(5)30(35)12-8-6-9-13-31-36(3,4)27-23-25(51(46,47)48)16-18-29(27)38(31)21-11-7-10-14-34(42)49-39-32(40)19-20-33(39)41/h6,8-9,12-13,15-18,22-23H,7,10-11,14,19-21H2,1-5H3,(H-,43,44,45,46,47,48)/p+1. The molecule has 0 saturated carbocycles. The van der Waals surface area contributed by atoms with Crippen LogP contribution in [-0.2, 0) is 50.3 Å². The molecule has 0 radical (unpaired) electrons. The Morgan fingerprint density at radius 3 is 2.08 bits per heavy atom. The topological polar surface area (TPSA) is 179 Å². The summed E-state index contributed by atoms with van der Waals surface area (Å²) in [6, 6.07) is 9.07. The number of hydroxylamine groups is 2. The first-order valence-electron chi connectivity index (χ1n) is 16.5. The summed E-state index contributed by atoms with van der Waals surface area (Å²) in [4.78, 5) is 42.4. The molecule has 3 heterocycles. The fourth-order valence-electron chi connectivity index (χ4n) is 6.91. The van der Waals surface area contributed by atoms with Crippen LogP contribution in [0, 0.1) is 0 Å². The van der Waals surface area contributed by atoms with Crippen molar-refractivity contribution < 1.29 is 49.7 Å². The Kier molecular flexibility index (Phi) is 10.3. The van der Waals surface area contributed by atoms with Gasteiger partial charge in [-0.25, -0.2) is 4.79 Å². The number of amides is 2. The van der Waals surface area contributed by atoms with E-state index in [0.29, 0.717) is 30.9 Å². The molecule has 13 nitrogen and oxygen atoms in total. The van der Waals surface area contributed by atoms with Crippen LogP contribution in [0.2, 0.25) is 0 Å². The molecular formula is C36H42N3O10S2+. The van der Waals surface area contributed by atoms with Crippen LogP contribution >= 0.6 is 0 Å². The van der Waals surface area contributed by atoms with E-state index < -0.39 is 48.8 Å². The monoisotopic (exact) mass is 740 g/mol. The summed E-state index contributed by atoms with van der Waals surface area (Å²) in [5, 5.41) is 0.541. The Balaban J connectivity index is 1.32. The van der Waals surface area contributed by atoms with E-state index in [4.69, 9.17) is 4.84 Å². The van der Waals surface area contributed by atoms with E-state index in [2.05, 4.69) is 4.90 Å². The second-order valence-corrected chi connectivity index (χ2v) is 16.6. The zero-order valence-electron chi connectivity index (χ0n) is 29.1. The lowest BCUT2D eigenvalue weighted by Crippen LogP contribution is -2.32. The van der Waals surface area contributed by atoms with Gasteiger partial charge in [-0.05, 0) is 68.7 Å². The van der Waals surface area contributed by atoms with Crippen molar-refractivity contribution >= 4 is 55.1 Å². The highest BCUT2D eigenvalue weighted by atomic mass is 32.2. The van der Waals surface area contributed by atoms with Crippen LogP contribution in [-0.4, -0.2) is 72.7 Å². The van der Waals surface area contributed by atoms with Crippen molar-refractivity contribution in [2.75, 3.05) is 18.5 Å². The van der Waals surface area contributed by atoms with Crippen molar-refractivity contribution in [1.29, 1.82) is 0 Å². The van der Waals surface area contributed by atoms with Gasteiger partial charge in [-0.3, -0.25) is 18.7 Å². The van der Waals surface area contributed by atoms with Gasteiger partial charge in [0.15, 0.2) is 5.71 Å². The third-order valence-corrected chi connectivity index (χ3v) is 11.4. The van der Waals surface area contributed by atoms with E-state index in [0.717, 1.165) is 33.9 Å². The van der Waals surface area contributed by atoms with Gasteiger partial charge < -0.3 is 9.74 Å². The second kappa shape index (κ2) is 13.9. The van der Waals surface area contributed by atoms with Crippen molar-refractivity contribution in [2.24, 2.45) is 0 Å². The molecule has 272 valence electrons. The van der Waals surface area contributed by atoms with E-state index >= 15 is 0 Å². The van der Waals surface area contributed by atoms with Crippen molar-refractivity contribution in [1.82, 2.24) is 5.06 Å². The summed E-state index contributed by atoms with van der Waals surface area (Å²) in [7, 11) is -6.90. The molecule has 0 aromatic heterocycles. The third-order valence-electron chi connectivity index (χ3n) is 9.66. The minimum absolute atomic E-state index is 0.0271. The molecule has 2 amide bonds. The normalized spacial score (nSPS) is 19.2. The molecule has 0 unspecified atom stereocenters. The number of hydrogen-bond acceptors (Lipinski definition) is 9. The number of carbonyl (C=O) groups is 3. The highest BCUT2D eigenvalue weighted by Crippen LogP contribution is 2.48. The number of hydrogen-bond donors (Lipinski definition) is 2. The minimum Gasteiger partial charge on any atom is -0.344 e. The smallest absolute Gasteiger partial charge is 0.333 e. The van der Waals surface area contributed by atoms with Gasteiger partial charge in [0, 0.05) is 60.3 Å². The Morgan fingerprint density at radius 1 is 0.843 bits per heavy atom. The number of anilines is 1. The molecule has 0 aliphatic carbocycles. The molecule has 15 heteroatoms. The number of carbonyl (C=O) groups excluding carboxylic acids is 3. The van der Waals surface area contributed by atoms with Gasteiger partial charge in [-0.2, -0.15) is 21.4 Å². The minimum atomic E-state index is -4.43. The lowest BCUT2D eigenvalue weighted by molar-refractivity contribution is -0.401. The SMILES string of the molecule is C[N+]1=C(/C=C/C=C/C=C2\N(CCCCCC(=O)ON3C(=O)CCC3=O)c3ccc(S(=O)(=O)O)cc3C2(C)C)C(C)(C)c2cc(S(=O)(=O)O)ccc21. The van der Waals surface area contributed by atoms with Crippen LogP contribution in [0.1, 0.15) is 77.3 Å². The first kappa shape index (κ1) is 37.8. The van der Waals surface area contributed by atoms with Crippen molar-refractivity contribution in [3.8, 4) is 0 Å². The van der Waals surface area contributed by atoms with E-state index in [1.165, 1.54) is 24.3 Å². The van der Waals surface area contributed by atoms with Gasteiger partial charge >= 0.3 is 5.97 Å². The van der Waals surface area contributed by atoms with E-state index in [1.807, 2.05) is 69.7 Å². The molecule has 3 aliphatic heterocycles. The maximum absolute atomic E-state index is 12.2. The summed E-state index contributed by atoms with van der Waals surface area (Å²) in [6.45, 7) is 8.43. The van der Waals surface area contributed by atoms with Gasteiger partial charge in [0.05, 0.1) is 15.2 Å². The van der Waals surface area contributed by atoms with Gasteiger partial charge in [-0.1, -0.05) is 38.5 Å². The predicted octanol–water partition coefficient (Wildman–Crippen LogP) is 5.15. The Bertz CT molecular complexity index is 2130. The van der Waals surface area contributed by atoms with Crippen molar-refractivity contribution in [3.63, 3.8) is 0 Å². The number of benzene rings is 2. The van der Waals surface area contributed by atoms with Crippen LogP contribution in [0.5, 0.6) is 0 Å². The summed E-state index contributed by atoms with van der Waals surface area (Å²) >= 11 is 0. The lowest BCUT2D eigenvalue weighted by Gasteiger charge is -2.27. The molecule has 0 atom stereocenters. The number of allylic oxidation sites excluding steroid dienone is 6. The largest absolute Gasteiger partial charge is 0.344 e. The number of unbranched alkanes of at least 4 members (excludes halogenated alkanes) is 2. The number of fused-ring (bicyclic) bond motifs is 2. The average Bonchev–Trinajstić information content (AvgIpc) is 3.54. The van der Waals surface area contributed by atoms with E-state index in [-0.39, 0.29) is 29.1 Å². The third kappa shape index (κ3) is 7.61. The Labute approximate surface area is 298 Å². The zero-order chi connectivity index (χ0) is 37.5. The van der Waals surface area contributed by atoms with Crippen LogP contribution in [0.15, 0.2) is 82.3 Å². The van der Waals surface area contributed by atoms with Crippen LogP contribution in [0.25, 0.3) is 0 Å². The zero-order valence-corrected chi connectivity index (χ0v) is 30.8. The summed E-state index contributed by atoms with van der Waals surface area (Å²) in [5.41, 5.74) is 3.72. The van der Waals surface area contributed by atoms with Crippen molar-refractivity contribution in [3.05, 3.63) is 83.6 Å². The molecule has 1 saturated heterocycles. The maximum Gasteiger partial charge on any atom is 0.333 e. The van der Waals surface area contributed by atoms with Gasteiger partial charge in [0.2, 0.25) is 5.69 Å². The first-order chi connectivity index (χ1) is 23.7. The van der Waals surface area contributed by atoms with Crippen LogP contribution in [0.4, 0.5) is 11.4 Å². The number of imide groups is 1. The molecule has 5 rings (SSSR count). The molecule has 0 spiro atoms. The molecule has 2 aromatic rings. The van der Waals surface area contributed by atoms with Crippen molar-refractivity contribution in [2.45, 2.75) is 86.8 Å². The summed E-state index contributed by atoms with van der Waals surface area (Å²) in [5.74, 6) is -1.71. The van der Waals surface area contributed by atoms with Gasteiger partial charge in [0.25, 0.3) is 32.1 Å². The number of rotatable bonds is 12. The lowest BCUT2D eigenvalue weighted by atomic mass is 9.81. The first-order valence-corrected chi connectivity index (χ1v) is 19.4. The number of nitrogens with zero attached hydrogens (tertiary/aromatic N) is 3. The molecule has 51 heavy (non-hydrogen) atoms. The summed E-state index contributed by atoms with van der Waals surface area (Å²) in [6.07, 6.45) is 11.3. The Morgan fingerprint density at radius 2 is 1.45 bits per heavy atom. The quantitative estimate of drug-likeness (QED) is 0.0967. The molecule has 3 aliphatic rings. The Hall–Kier alpha value is -4.44. The molecule has 0 bridgehead atoms. The van der Waals surface area contributed by atoms with E-state index in [9.17, 15) is 40.3 Å². The predicted molar refractivity (Wildman–Crippen MR) is 189 cm³/mol.